The van der Waals surface area contributed by atoms with Crippen molar-refractivity contribution in [2.45, 2.75) is 37.6 Å². The number of oxime groups is 1. The average Bonchev–Trinajstić information content (AvgIpc) is 2.69. The molecule has 0 aromatic heterocycles. The predicted molar refractivity (Wildman–Crippen MR) is 108 cm³/mol. The number of ether oxygens (including phenoxy) is 2. The Hall–Kier alpha value is -1.57. The van der Waals surface area contributed by atoms with Gasteiger partial charge in [-0.3, -0.25) is 9.69 Å². The Morgan fingerprint density at radius 1 is 1.26 bits per heavy atom. The van der Waals surface area contributed by atoms with Crippen LogP contribution in [0.5, 0.6) is 0 Å². The molecule has 0 saturated carbocycles. The number of thioether (sulfide) groups is 1. The first-order valence-corrected chi connectivity index (χ1v) is 10.5. The summed E-state index contributed by atoms with van der Waals surface area (Å²) in [6.07, 6.45) is 2.24. The van der Waals surface area contributed by atoms with Gasteiger partial charge in [0.2, 0.25) is 0 Å². The molecule has 6 nitrogen and oxygen atoms in total. The van der Waals surface area contributed by atoms with Crippen molar-refractivity contribution in [1.29, 1.82) is 0 Å². The summed E-state index contributed by atoms with van der Waals surface area (Å²) >= 11 is 1.70. The lowest BCUT2D eigenvalue weighted by molar-refractivity contribution is -0.144. The van der Waals surface area contributed by atoms with E-state index in [1.165, 1.54) is 4.90 Å². The minimum atomic E-state index is -0.325. The highest BCUT2D eigenvalue weighted by Gasteiger charge is 2.35. The summed E-state index contributed by atoms with van der Waals surface area (Å²) in [5.41, 5.74) is 1.54. The Morgan fingerprint density at radius 3 is 2.52 bits per heavy atom. The second kappa shape index (κ2) is 10.7. The summed E-state index contributed by atoms with van der Waals surface area (Å²) in [6.45, 7) is 9.78. The zero-order valence-corrected chi connectivity index (χ0v) is 17.5. The lowest BCUT2D eigenvalue weighted by Crippen LogP contribution is -2.54. The highest BCUT2D eigenvalue weighted by molar-refractivity contribution is 7.98. The molecule has 2 rings (SSSR count). The van der Waals surface area contributed by atoms with Crippen LogP contribution in [0.3, 0.4) is 0 Å². The third-order valence-electron chi connectivity index (χ3n) is 4.60. The lowest BCUT2D eigenvalue weighted by atomic mass is 9.90. The number of hydrogen-bond donors (Lipinski definition) is 0. The standard InChI is InChI=1S/C20H30N2O4S/c1-5-25-18(23)10-13-26-21-19(16-6-8-17(27-4)9-7-16)20(2,3)22-11-14-24-15-12-22/h6-9H,5,10-15H2,1-4H3. The van der Waals surface area contributed by atoms with Crippen LogP contribution >= 0.6 is 11.8 Å². The van der Waals surface area contributed by atoms with Crippen molar-refractivity contribution in [2.24, 2.45) is 5.16 Å². The summed E-state index contributed by atoms with van der Waals surface area (Å²) < 4.78 is 10.4. The molecular formula is C20H30N2O4S. The summed E-state index contributed by atoms with van der Waals surface area (Å²) in [7, 11) is 0. The van der Waals surface area contributed by atoms with Gasteiger partial charge in [0.05, 0.1) is 31.8 Å². The van der Waals surface area contributed by atoms with Crippen molar-refractivity contribution in [3.63, 3.8) is 0 Å². The molecule has 1 fully saturated rings. The first-order chi connectivity index (χ1) is 13.0. The van der Waals surface area contributed by atoms with Crippen LogP contribution in [-0.4, -0.2) is 67.9 Å². The van der Waals surface area contributed by atoms with E-state index in [4.69, 9.17) is 14.3 Å². The molecule has 0 bridgehead atoms. The SMILES string of the molecule is CCOC(=O)CCON=C(c1ccc(SC)cc1)C(C)(C)N1CCOCC1. The summed E-state index contributed by atoms with van der Waals surface area (Å²) in [6, 6.07) is 8.32. The normalized spacial score (nSPS) is 16.2. The largest absolute Gasteiger partial charge is 0.466 e. The summed E-state index contributed by atoms with van der Waals surface area (Å²) in [4.78, 5) is 20.6. The molecule has 0 atom stereocenters. The quantitative estimate of drug-likeness (QED) is 0.211. The summed E-state index contributed by atoms with van der Waals surface area (Å²) in [5.74, 6) is -0.272. The van der Waals surface area contributed by atoms with Crippen molar-refractivity contribution < 1.29 is 19.1 Å². The molecule has 27 heavy (non-hydrogen) atoms. The van der Waals surface area contributed by atoms with E-state index in [2.05, 4.69) is 54.4 Å². The van der Waals surface area contributed by atoms with Gasteiger partial charge in [-0.2, -0.15) is 0 Å². The molecule has 150 valence electrons. The molecule has 0 N–H and O–H groups in total. The zero-order valence-electron chi connectivity index (χ0n) is 16.7. The topological polar surface area (TPSA) is 60.4 Å². The third kappa shape index (κ3) is 6.23. The maximum atomic E-state index is 11.5. The van der Waals surface area contributed by atoms with E-state index in [-0.39, 0.29) is 24.5 Å². The maximum Gasteiger partial charge on any atom is 0.309 e. The first kappa shape index (κ1) is 21.7. The highest BCUT2D eigenvalue weighted by Crippen LogP contribution is 2.25. The van der Waals surface area contributed by atoms with Crippen molar-refractivity contribution in [2.75, 3.05) is 45.8 Å². The number of benzene rings is 1. The highest BCUT2D eigenvalue weighted by atomic mass is 32.2. The van der Waals surface area contributed by atoms with Crippen molar-refractivity contribution in [1.82, 2.24) is 4.90 Å². The van der Waals surface area contributed by atoms with Crippen LogP contribution in [0.2, 0.25) is 0 Å². The smallest absolute Gasteiger partial charge is 0.309 e. The number of hydrogen-bond acceptors (Lipinski definition) is 7. The second-order valence-corrected chi connectivity index (χ2v) is 7.59. The van der Waals surface area contributed by atoms with Gasteiger partial charge in [-0.25, -0.2) is 0 Å². The van der Waals surface area contributed by atoms with Gasteiger partial charge in [0.15, 0.2) is 0 Å². The van der Waals surface area contributed by atoms with Crippen LogP contribution in [0.1, 0.15) is 32.8 Å². The van der Waals surface area contributed by atoms with Gasteiger partial charge in [-0.05, 0) is 39.2 Å². The Bertz CT molecular complexity index is 625. The molecule has 1 aliphatic heterocycles. The van der Waals surface area contributed by atoms with Crippen LogP contribution in [0.4, 0.5) is 0 Å². The van der Waals surface area contributed by atoms with Crippen LogP contribution in [0, 0.1) is 0 Å². The van der Waals surface area contributed by atoms with Gasteiger partial charge in [-0.15, -0.1) is 11.8 Å². The molecule has 7 heteroatoms. The van der Waals surface area contributed by atoms with Gasteiger partial charge in [0.25, 0.3) is 0 Å². The van der Waals surface area contributed by atoms with E-state index >= 15 is 0 Å². The fourth-order valence-corrected chi connectivity index (χ4v) is 3.42. The summed E-state index contributed by atoms with van der Waals surface area (Å²) in [5, 5.41) is 4.45. The fraction of sp³-hybridized carbons (Fsp3) is 0.600. The molecule has 0 spiro atoms. The monoisotopic (exact) mass is 394 g/mol. The molecule has 1 aromatic rings. The van der Waals surface area contributed by atoms with Gasteiger partial charge < -0.3 is 14.3 Å². The van der Waals surface area contributed by atoms with E-state index < -0.39 is 0 Å². The van der Waals surface area contributed by atoms with Gasteiger partial charge in [-0.1, -0.05) is 17.3 Å². The molecule has 1 heterocycles. The molecule has 1 aromatic carbocycles. The number of nitrogens with zero attached hydrogens (tertiary/aromatic N) is 2. The number of carbonyl (C=O) groups excluding carboxylic acids is 1. The van der Waals surface area contributed by atoms with E-state index in [0.717, 1.165) is 24.4 Å². The zero-order chi connectivity index (χ0) is 19.7. The number of rotatable bonds is 9. The molecule has 0 amide bonds. The molecule has 1 saturated heterocycles. The molecule has 1 aliphatic rings. The Labute approximate surface area is 166 Å². The average molecular weight is 395 g/mol. The van der Waals surface area contributed by atoms with E-state index in [9.17, 15) is 4.79 Å². The van der Waals surface area contributed by atoms with Crippen molar-refractivity contribution >= 4 is 23.4 Å². The number of esters is 1. The maximum absolute atomic E-state index is 11.5. The predicted octanol–water partition coefficient (Wildman–Crippen LogP) is 3.19. The molecular weight excluding hydrogens is 364 g/mol. The molecule has 0 radical (unpaired) electrons. The Morgan fingerprint density at radius 2 is 1.93 bits per heavy atom. The van der Waals surface area contributed by atoms with Crippen LogP contribution in [-0.2, 0) is 19.1 Å². The number of morpholine rings is 1. The Kier molecular flexibility index (Phi) is 8.60. The van der Waals surface area contributed by atoms with E-state index in [1.54, 1.807) is 18.7 Å². The second-order valence-electron chi connectivity index (χ2n) is 6.72. The van der Waals surface area contributed by atoms with E-state index in [1.807, 2.05) is 0 Å². The van der Waals surface area contributed by atoms with Crippen LogP contribution < -0.4 is 0 Å². The Balaban J connectivity index is 2.18. The number of carbonyl (C=O) groups is 1. The molecule has 0 aliphatic carbocycles. The minimum Gasteiger partial charge on any atom is -0.466 e. The van der Waals surface area contributed by atoms with Gasteiger partial charge in [0.1, 0.15) is 12.3 Å². The van der Waals surface area contributed by atoms with Gasteiger partial charge in [0, 0.05) is 23.5 Å². The van der Waals surface area contributed by atoms with Crippen molar-refractivity contribution in [3.8, 4) is 0 Å². The minimum absolute atomic E-state index is 0.189. The first-order valence-electron chi connectivity index (χ1n) is 9.32. The lowest BCUT2D eigenvalue weighted by Gasteiger charge is -2.41. The van der Waals surface area contributed by atoms with Crippen molar-refractivity contribution in [3.05, 3.63) is 29.8 Å². The van der Waals surface area contributed by atoms with E-state index in [0.29, 0.717) is 19.8 Å². The van der Waals surface area contributed by atoms with Gasteiger partial charge >= 0.3 is 5.97 Å². The fourth-order valence-electron chi connectivity index (χ4n) is 3.01. The van der Waals surface area contributed by atoms with Crippen LogP contribution in [0.25, 0.3) is 0 Å². The third-order valence-corrected chi connectivity index (χ3v) is 5.35. The van der Waals surface area contributed by atoms with Crippen LogP contribution in [0.15, 0.2) is 34.3 Å². The molecule has 0 unspecified atom stereocenters.